The summed E-state index contributed by atoms with van der Waals surface area (Å²) in [6.07, 6.45) is 2.53. The highest BCUT2D eigenvalue weighted by molar-refractivity contribution is 5.48. The molecule has 0 aliphatic carbocycles. The largest absolute Gasteiger partial charge is 0.378 e. The van der Waals surface area contributed by atoms with Gasteiger partial charge in [0.1, 0.15) is 18.0 Å². The zero-order chi connectivity index (χ0) is 11.9. The van der Waals surface area contributed by atoms with Crippen molar-refractivity contribution < 1.29 is 4.74 Å². The summed E-state index contributed by atoms with van der Waals surface area (Å²) in [6, 6.07) is 1.97. The van der Waals surface area contributed by atoms with Gasteiger partial charge in [-0.2, -0.15) is 0 Å². The topological polar surface area (TPSA) is 76.3 Å². The van der Waals surface area contributed by atoms with E-state index in [0.29, 0.717) is 6.54 Å². The Morgan fingerprint density at radius 1 is 1.35 bits per heavy atom. The molecular weight excluding hydrogens is 218 g/mol. The summed E-state index contributed by atoms with van der Waals surface area (Å²) in [4.78, 5) is 10.7. The molecule has 0 unspecified atom stereocenters. The van der Waals surface area contributed by atoms with Crippen molar-refractivity contribution in [3.05, 3.63) is 12.4 Å². The van der Waals surface area contributed by atoms with E-state index in [0.717, 1.165) is 50.9 Å². The normalized spacial score (nSPS) is 15.9. The molecule has 3 N–H and O–H groups in total. The Kier molecular flexibility index (Phi) is 4.52. The van der Waals surface area contributed by atoms with Crippen LogP contribution in [0.2, 0.25) is 0 Å². The van der Waals surface area contributed by atoms with Gasteiger partial charge in [0.05, 0.1) is 13.2 Å². The number of hydrogen-bond acceptors (Lipinski definition) is 6. The molecule has 6 nitrogen and oxygen atoms in total. The lowest BCUT2D eigenvalue weighted by Gasteiger charge is -2.27. The number of nitrogens with two attached hydrogens (primary N) is 1. The maximum atomic E-state index is 5.44. The van der Waals surface area contributed by atoms with E-state index >= 15 is 0 Å². The molecule has 17 heavy (non-hydrogen) atoms. The van der Waals surface area contributed by atoms with Gasteiger partial charge in [-0.25, -0.2) is 9.97 Å². The van der Waals surface area contributed by atoms with Crippen molar-refractivity contribution in [1.82, 2.24) is 9.97 Å². The van der Waals surface area contributed by atoms with E-state index in [1.165, 1.54) is 0 Å². The Labute approximate surface area is 101 Å². The Morgan fingerprint density at radius 2 is 2.18 bits per heavy atom. The Hall–Kier alpha value is -1.40. The van der Waals surface area contributed by atoms with Gasteiger partial charge in [-0.05, 0) is 13.0 Å². The van der Waals surface area contributed by atoms with Crippen molar-refractivity contribution in [3.63, 3.8) is 0 Å². The highest BCUT2D eigenvalue weighted by atomic mass is 16.5. The minimum atomic E-state index is 0.689. The van der Waals surface area contributed by atoms with Crippen LogP contribution in [0.15, 0.2) is 12.4 Å². The quantitative estimate of drug-likeness (QED) is 0.706. The van der Waals surface area contributed by atoms with Crippen molar-refractivity contribution in [2.24, 2.45) is 5.73 Å². The number of rotatable bonds is 5. The van der Waals surface area contributed by atoms with E-state index in [9.17, 15) is 0 Å². The molecule has 2 heterocycles. The lowest BCUT2D eigenvalue weighted by Crippen LogP contribution is -2.36. The van der Waals surface area contributed by atoms with Crippen molar-refractivity contribution in [2.45, 2.75) is 6.42 Å². The fraction of sp³-hybridized carbons (Fsp3) is 0.636. The Morgan fingerprint density at radius 3 is 2.94 bits per heavy atom. The lowest BCUT2D eigenvalue weighted by atomic mass is 10.4. The van der Waals surface area contributed by atoms with Gasteiger partial charge >= 0.3 is 0 Å². The lowest BCUT2D eigenvalue weighted by molar-refractivity contribution is 0.122. The highest BCUT2D eigenvalue weighted by Gasteiger charge is 2.12. The second-order valence-corrected chi connectivity index (χ2v) is 3.93. The van der Waals surface area contributed by atoms with Gasteiger partial charge in [0, 0.05) is 25.7 Å². The first kappa shape index (κ1) is 12.1. The average Bonchev–Trinajstić information content (AvgIpc) is 2.41. The molecule has 0 amide bonds. The average molecular weight is 237 g/mol. The second-order valence-electron chi connectivity index (χ2n) is 3.93. The van der Waals surface area contributed by atoms with Crippen LogP contribution >= 0.6 is 0 Å². The Balaban J connectivity index is 1.95. The molecule has 0 spiro atoms. The number of aromatic nitrogens is 2. The van der Waals surface area contributed by atoms with Gasteiger partial charge in [-0.1, -0.05) is 0 Å². The summed E-state index contributed by atoms with van der Waals surface area (Å²) in [7, 11) is 0. The second kappa shape index (κ2) is 6.36. The predicted molar refractivity (Wildman–Crippen MR) is 67.2 cm³/mol. The molecule has 6 heteroatoms. The first-order chi connectivity index (χ1) is 8.40. The molecule has 0 radical (unpaired) electrons. The highest BCUT2D eigenvalue weighted by Crippen LogP contribution is 2.15. The number of ether oxygens (including phenoxy) is 1. The molecule has 1 aromatic rings. The fourth-order valence-corrected chi connectivity index (χ4v) is 1.73. The molecule has 1 saturated heterocycles. The first-order valence-corrected chi connectivity index (χ1v) is 5.99. The maximum Gasteiger partial charge on any atom is 0.134 e. The SMILES string of the molecule is NCCCNc1cc(N2CCOCC2)ncn1. The summed E-state index contributed by atoms with van der Waals surface area (Å²) < 4.78 is 5.32. The van der Waals surface area contributed by atoms with Crippen molar-refractivity contribution in [2.75, 3.05) is 49.6 Å². The van der Waals surface area contributed by atoms with Crippen LogP contribution in [0.1, 0.15) is 6.42 Å². The van der Waals surface area contributed by atoms with Crippen molar-refractivity contribution in [3.8, 4) is 0 Å². The molecular formula is C11H19N5O. The van der Waals surface area contributed by atoms with Crippen LogP contribution < -0.4 is 16.0 Å². The smallest absolute Gasteiger partial charge is 0.134 e. The standard InChI is InChI=1S/C11H19N5O/c12-2-1-3-13-10-8-11(15-9-14-10)16-4-6-17-7-5-16/h8-9H,1-7,12H2,(H,13,14,15). The van der Waals surface area contributed by atoms with E-state index in [-0.39, 0.29) is 0 Å². The number of morpholine rings is 1. The van der Waals surface area contributed by atoms with E-state index in [1.54, 1.807) is 6.33 Å². The zero-order valence-corrected chi connectivity index (χ0v) is 9.93. The molecule has 0 bridgehead atoms. The molecule has 1 aliphatic heterocycles. The van der Waals surface area contributed by atoms with Crippen LogP contribution in [0.25, 0.3) is 0 Å². The van der Waals surface area contributed by atoms with Gasteiger partial charge in [0.25, 0.3) is 0 Å². The fourth-order valence-electron chi connectivity index (χ4n) is 1.73. The van der Waals surface area contributed by atoms with Crippen LogP contribution in [0.3, 0.4) is 0 Å². The summed E-state index contributed by atoms with van der Waals surface area (Å²) in [5.74, 6) is 1.81. The number of nitrogens with one attached hydrogen (secondary N) is 1. The Bertz CT molecular complexity index is 340. The molecule has 0 saturated carbocycles. The summed E-state index contributed by atoms with van der Waals surface area (Å²) in [5.41, 5.74) is 5.44. The third-order valence-corrected chi connectivity index (χ3v) is 2.67. The van der Waals surface area contributed by atoms with Gasteiger partial charge in [0.15, 0.2) is 0 Å². The van der Waals surface area contributed by atoms with Gasteiger partial charge in [-0.3, -0.25) is 0 Å². The van der Waals surface area contributed by atoms with Crippen LogP contribution in [-0.2, 0) is 4.74 Å². The predicted octanol–water partition coefficient (Wildman–Crippen LogP) is 0.0739. The van der Waals surface area contributed by atoms with Crippen molar-refractivity contribution in [1.29, 1.82) is 0 Å². The molecule has 2 rings (SSSR count). The summed E-state index contributed by atoms with van der Waals surface area (Å²) in [6.45, 7) is 4.84. The molecule has 0 aromatic carbocycles. The van der Waals surface area contributed by atoms with Crippen LogP contribution in [0, 0.1) is 0 Å². The monoisotopic (exact) mass is 237 g/mol. The van der Waals surface area contributed by atoms with E-state index in [2.05, 4.69) is 20.2 Å². The van der Waals surface area contributed by atoms with E-state index in [4.69, 9.17) is 10.5 Å². The maximum absolute atomic E-state index is 5.44. The third kappa shape index (κ3) is 3.54. The minimum Gasteiger partial charge on any atom is -0.378 e. The summed E-state index contributed by atoms with van der Waals surface area (Å²) >= 11 is 0. The van der Waals surface area contributed by atoms with E-state index in [1.807, 2.05) is 6.07 Å². The van der Waals surface area contributed by atoms with Crippen LogP contribution in [-0.4, -0.2) is 49.4 Å². The third-order valence-electron chi connectivity index (χ3n) is 2.67. The van der Waals surface area contributed by atoms with Crippen molar-refractivity contribution >= 4 is 11.6 Å². The van der Waals surface area contributed by atoms with Gasteiger partial charge < -0.3 is 20.7 Å². The molecule has 0 atom stereocenters. The number of anilines is 2. The van der Waals surface area contributed by atoms with Crippen LogP contribution in [0.4, 0.5) is 11.6 Å². The first-order valence-electron chi connectivity index (χ1n) is 5.99. The zero-order valence-electron chi connectivity index (χ0n) is 9.93. The number of nitrogens with zero attached hydrogens (tertiary/aromatic N) is 3. The summed E-state index contributed by atoms with van der Waals surface area (Å²) in [5, 5.41) is 3.24. The van der Waals surface area contributed by atoms with Gasteiger partial charge in [0.2, 0.25) is 0 Å². The molecule has 1 fully saturated rings. The minimum absolute atomic E-state index is 0.689. The number of hydrogen-bond donors (Lipinski definition) is 2. The molecule has 1 aromatic heterocycles. The molecule has 1 aliphatic rings. The van der Waals surface area contributed by atoms with Gasteiger partial charge in [-0.15, -0.1) is 0 Å². The van der Waals surface area contributed by atoms with Crippen LogP contribution in [0.5, 0.6) is 0 Å². The molecule has 94 valence electrons. The van der Waals surface area contributed by atoms with E-state index < -0.39 is 0 Å².